The quantitative estimate of drug-likeness (QED) is 0.782. The summed E-state index contributed by atoms with van der Waals surface area (Å²) >= 11 is 0. The summed E-state index contributed by atoms with van der Waals surface area (Å²) < 4.78 is 4.78. The van der Waals surface area contributed by atoms with Gasteiger partial charge < -0.3 is 14.7 Å². The maximum absolute atomic E-state index is 11.2. The number of esters is 1. The van der Waals surface area contributed by atoms with E-state index in [1.54, 1.807) is 31.2 Å². The standard InChI is InChI=1S/C14H18N2O3/c1-3-19-14(18)8-13(17)10-16(2)12-6-4-11(9-15)5-7-12/h4-7,13,17H,3,8,10H2,1-2H3. The van der Waals surface area contributed by atoms with Crippen molar-refractivity contribution in [2.75, 3.05) is 25.1 Å². The number of benzene rings is 1. The first-order valence-electron chi connectivity index (χ1n) is 6.11. The minimum atomic E-state index is -0.778. The van der Waals surface area contributed by atoms with Gasteiger partial charge in [0.05, 0.1) is 30.8 Å². The fourth-order valence-corrected chi connectivity index (χ4v) is 1.69. The van der Waals surface area contributed by atoms with Crippen LogP contribution in [0.5, 0.6) is 0 Å². The number of hydrogen-bond donors (Lipinski definition) is 1. The Hall–Kier alpha value is -2.06. The van der Waals surface area contributed by atoms with Crippen molar-refractivity contribution in [3.05, 3.63) is 29.8 Å². The van der Waals surface area contributed by atoms with E-state index in [2.05, 4.69) is 0 Å². The topological polar surface area (TPSA) is 73.6 Å². The van der Waals surface area contributed by atoms with Crippen LogP contribution in [0.2, 0.25) is 0 Å². The van der Waals surface area contributed by atoms with Crippen molar-refractivity contribution in [1.82, 2.24) is 0 Å². The second-order valence-corrected chi connectivity index (χ2v) is 4.20. The molecule has 1 N–H and O–H groups in total. The minimum Gasteiger partial charge on any atom is -0.466 e. The van der Waals surface area contributed by atoms with Gasteiger partial charge in [0, 0.05) is 19.3 Å². The molecule has 0 amide bonds. The van der Waals surface area contributed by atoms with Crippen LogP contribution in [0.4, 0.5) is 5.69 Å². The lowest BCUT2D eigenvalue weighted by Crippen LogP contribution is -2.31. The average molecular weight is 262 g/mol. The summed E-state index contributed by atoms with van der Waals surface area (Å²) in [5.74, 6) is -0.400. The number of rotatable bonds is 6. The van der Waals surface area contributed by atoms with Gasteiger partial charge in [-0.1, -0.05) is 0 Å². The molecule has 0 aromatic heterocycles. The molecule has 0 spiro atoms. The Morgan fingerprint density at radius 1 is 1.47 bits per heavy atom. The molecule has 5 heteroatoms. The Balaban J connectivity index is 2.51. The normalized spacial score (nSPS) is 11.5. The zero-order valence-corrected chi connectivity index (χ0v) is 11.2. The summed E-state index contributed by atoms with van der Waals surface area (Å²) in [6, 6.07) is 9.07. The summed E-state index contributed by atoms with van der Waals surface area (Å²) in [7, 11) is 1.82. The molecule has 1 aromatic carbocycles. The van der Waals surface area contributed by atoms with Crippen molar-refractivity contribution in [1.29, 1.82) is 5.26 Å². The number of hydrogen-bond acceptors (Lipinski definition) is 5. The first-order chi connectivity index (χ1) is 9.06. The molecule has 0 aliphatic carbocycles. The molecular formula is C14H18N2O3. The summed E-state index contributed by atoms with van der Waals surface area (Å²) in [6.45, 7) is 2.37. The fourth-order valence-electron chi connectivity index (χ4n) is 1.69. The summed E-state index contributed by atoms with van der Waals surface area (Å²) in [6.07, 6.45) is -0.797. The van der Waals surface area contributed by atoms with E-state index in [0.29, 0.717) is 18.7 Å². The monoisotopic (exact) mass is 262 g/mol. The van der Waals surface area contributed by atoms with Crippen LogP contribution in [0.1, 0.15) is 18.9 Å². The lowest BCUT2D eigenvalue weighted by molar-refractivity contribution is -0.145. The van der Waals surface area contributed by atoms with Crippen molar-refractivity contribution in [3.63, 3.8) is 0 Å². The number of likely N-dealkylation sites (N-methyl/N-ethyl adjacent to an activating group) is 1. The van der Waals surface area contributed by atoms with Crippen LogP contribution in [0.25, 0.3) is 0 Å². The third-order valence-corrected chi connectivity index (χ3v) is 2.63. The highest BCUT2D eigenvalue weighted by Gasteiger charge is 2.14. The van der Waals surface area contributed by atoms with E-state index < -0.39 is 12.1 Å². The molecule has 102 valence electrons. The predicted molar refractivity (Wildman–Crippen MR) is 71.7 cm³/mol. The second kappa shape index (κ2) is 7.39. The van der Waals surface area contributed by atoms with Gasteiger partial charge >= 0.3 is 5.97 Å². The van der Waals surface area contributed by atoms with Gasteiger partial charge in [0.1, 0.15) is 0 Å². The van der Waals surface area contributed by atoms with Gasteiger partial charge in [-0.2, -0.15) is 5.26 Å². The van der Waals surface area contributed by atoms with Crippen LogP contribution in [0.15, 0.2) is 24.3 Å². The van der Waals surface area contributed by atoms with Crippen molar-refractivity contribution >= 4 is 11.7 Å². The van der Waals surface area contributed by atoms with Crippen LogP contribution in [0.3, 0.4) is 0 Å². The molecule has 0 saturated heterocycles. The molecule has 19 heavy (non-hydrogen) atoms. The van der Waals surface area contributed by atoms with Crippen molar-refractivity contribution < 1.29 is 14.6 Å². The maximum atomic E-state index is 11.2. The Labute approximate surface area is 113 Å². The van der Waals surface area contributed by atoms with Gasteiger partial charge in [-0.15, -0.1) is 0 Å². The molecule has 0 saturated carbocycles. The van der Waals surface area contributed by atoms with E-state index in [9.17, 15) is 9.90 Å². The average Bonchev–Trinajstić information content (AvgIpc) is 2.38. The highest BCUT2D eigenvalue weighted by atomic mass is 16.5. The molecule has 0 aliphatic rings. The van der Waals surface area contributed by atoms with Gasteiger partial charge in [0.15, 0.2) is 0 Å². The van der Waals surface area contributed by atoms with E-state index >= 15 is 0 Å². The van der Waals surface area contributed by atoms with Crippen LogP contribution in [0, 0.1) is 11.3 Å². The lowest BCUT2D eigenvalue weighted by atomic mass is 10.2. The zero-order chi connectivity index (χ0) is 14.3. The van der Waals surface area contributed by atoms with E-state index in [1.807, 2.05) is 18.0 Å². The molecule has 1 atom stereocenters. The Kier molecular flexibility index (Phi) is 5.83. The Morgan fingerprint density at radius 2 is 2.11 bits per heavy atom. The Morgan fingerprint density at radius 3 is 2.63 bits per heavy atom. The minimum absolute atomic E-state index is 0.0194. The number of anilines is 1. The number of aliphatic hydroxyl groups is 1. The number of nitriles is 1. The highest BCUT2D eigenvalue weighted by molar-refractivity contribution is 5.70. The fraction of sp³-hybridized carbons (Fsp3) is 0.429. The van der Waals surface area contributed by atoms with Crippen LogP contribution in [-0.2, 0) is 9.53 Å². The van der Waals surface area contributed by atoms with Crippen molar-refractivity contribution in [3.8, 4) is 6.07 Å². The molecule has 0 heterocycles. The van der Waals surface area contributed by atoms with Crippen LogP contribution >= 0.6 is 0 Å². The highest BCUT2D eigenvalue weighted by Crippen LogP contribution is 2.14. The molecule has 0 radical (unpaired) electrons. The van der Waals surface area contributed by atoms with Gasteiger partial charge in [0.2, 0.25) is 0 Å². The number of carbonyl (C=O) groups excluding carboxylic acids is 1. The van der Waals surface area contributed by atoms with E-state index in [-0.39, 0.29) is 6.42 Å². The van der Waals surface area contributed by atoms with Crippen LogP contribution in [-0.4, -0.2) is 37.4 Å². The Bertz CT molecular complexity index is 451. The summed E-state index contributed by atoms with van der Waals surface area (Å²) in [5, 5.41) is 18.5. The SMILES string of the molecule is CCOC(=O)CC(O)CN(C)c1ccc(C#N)cc1. The van der Waals surface area contributed by atoms with Gasteiger partial charge in [0.25, 0.3) is 0 Å². The first-order valence-corrected chi connectivity index (χ1v) is 6.11. The van der Waals surface area contributed by atoms with Crippen LogP contribution < -0.4 is 4.90 Å². The molecular weight excluding hydrogens is 244 g/mol. The molecule has 0 fully saturated rings. The first kappa shape index (κ1) is 15.0. The number of aliphatic hydroxyl groups excluding tert-OH is 1. The number of carbonyl (C=O) groups is 1. The zero-order valence-electron chi connectivity index (χ0n) is 11.2. The number of nitrogens with zero attached hydrogens (tertiary/aromatic N) is 2. The summed E-state index contributed by atoms with van der Waals surface area (Å²) in [5.41, 5.74) is 1.46. The molecule has 0 bridgehead atoms. The second-order valence-electron chi connectivity index (χ2n) is 4.20. The molecule has 1 unspecified atom stereocenters. The third kappa shape index (κ3) is 4.98. The van der Waals surface area contributed by atoms with Gasteiger partial charge in [-0.25, -0.2) is 0 Å². The van der Waals surface area contributed by atoms with E-state index in [4.69, 9.17) is 10.00 Å². The summed E-state index contributed by atoms with van der Waals surface area (Å²) in [4.78, 5) is 13.0. The van der Waals surface area contributed by atoms with E-state index in [0.717, 1.165) is 5.69 Å². The van der Waals surface area contributed by atoms with E-state index in [1.165, 1.54) is 0 Å². The lowest BCUT2D eigenvalue weighted by Gasteiger charge is -2.22. The largest absolute Gasteiger partial charge is 0.466 e. The van der Waals surface area contributed by atoms with Gasteiger partial charge in [-0.05, 0) is 31.2 Å². The molecule has 1 aromatic rings. The van der Waals surface area contributed by atoms with Crippen molar-refractivity contribution in [2.45, 2.75) is 19.4 Å². The molecule has 1 rings (SSSR count). The van der Waals surface area contributed by atoms with Crippen molar-refractivity contribution in [2.24, 2.45) is 0 Å². The maximum Gasteiger partial charge on any atom is 0.308 e. The predicted octanol–water partition coefficient (Wildman–Crippen LogP) is 1.31. The van der Waals surface area contributed by atoms with Gasteiger partial charge in [-0.3, -0.25) is 4.79 Å². The smallest absolute Gasteiger partial charge is 0.308 e. The third-order valence-electron chi connectivity index (χ3n) is 2.63. The molecule has 0 aliphatic heterocycles. The molecule has 5 nitrogen and oxygen atoms in total. The number of ether oxygens (including phenoxy) is 1.